The normalized spacial score (nSPS) is 41.3. The molecule has 0 bridgehead atoms. The summed E-state index contributed by atoms with van der Waals surface area (Å²) in [4.78, 5) is 11.0. The van der Waals surface area contributed by atoms with E-state index in [1.807, 2.05) is 0 Å². The van der Waals surface area contributed by atoms with Gasteiger partial charge in [-0.15, -0.1) is 0 Å². The molecule has 0 aromatic rings. The first-order valence-corrected chi connectivity index (χ1v) is 6.11. The molecule has 0 spiro atoms. The molecule has 2 rings (SSSR count). The van der Waals surface area contributed by atoms with Gasteiger partial charge in [0.2, 0.25) is 0 Å². The summed E-state index contributed by atoms with van der Waals surface area (Å²) in [5.74, 6) is 2.32. The van der Waals surface area contributed by atoms with Crippen LogP contribution in [0.3, 0.4) is 0 Å². The molecule has 0 aliphatic heterocycles. The van der Waals surface area contributed by atoms with Gasteiger partial charge in [-0.25, -0.2) is 0 Å². The van der Waals surface area contributed by atoms with E-state index >= 15 is 0 Å². The number of Topliss-reactive ketones (excluding diaryl/α,β-unsaturated/α-hetero) is 1. The van der Waals surface area contributed by atoms with Crippen molar-refractivity contribution in [2.45, 2.75) is 58.8 Å². The molecule has 2 aliphatic rings. The summed E-state index contributed by atoms with van der Waals surface area (Å²) in [6.45, 7) is 4.15. The van der Waals surface area contributed by atoms with E-state index in [1.165, 1.54) is 32.1 Å². The third-order valence-electron chi connectivity index (χ3n) is 4.69. The fourth-order valence-corrected chi connectivity index (χ4v) is 3.77. The minimum absolute atomic E-state index is 0.368. The maximum atomic E-state index is 11.0. The van der Waals surface area contributed by atoms with Crippen molar-refractivity contribution in [1.29, 1.82) is 0 Å². The maximum absolute atomic E-state index is 11.0. The van der Waals surface area contributed by atoms with E-state index in [0.29, 0.717) is 11.2 Å². The zero-order valence-corrected chi connectivity index (χ0v) is 9.51. The lowest BCUT2D eigenvalue weighted by molar-refractivity contribution is -0.117. The van der Waals surface area contributed by atoms with Gasteiger partial charge in [0.25, 0.3) is 0 Å². The Morgan fingerprint density at radius 1 is 1.36 bits per heavy atom. The largest absolute Gasteiger partial charge is 0.300 e. The lowest BCUT2D eigenvalue weighted by atomic mass is 9.74. The number of ketones is 1. The molecule has 0 N–H and O–H groups in total. The number of carbonyl (C=O) groups is 1. The van der Waals surface area contributed by atoms with Crippen LogP contribution in [0.15, 0.2) is 0 Å². The van der Waals surface area contributed by atoms with Gasteiger partial charge in [0, 0.05) is 6.42 Å². The van der Waals surface area contributed by atoms with E-state index in [2.05, 4.69) is 6.92 Å². The van der Waals surface area contributed by atoms with Gasteiger partial charge in [-0.05, 0) is 49.9 Å². The first kappa shape index (κ1) is 10.2. The lowest BCUT2D eigenvalue weighted by Crippen LogP contribution is -2.23. The first-order chi connectivity index (χ1) is 6.62. The summed E-state index contributed by atoms with van der Waals surface area (Å²) >= 11 is 0. The summed E-state index contributed by atoms with van der Waals surface area (Å²) in [5, 5.41) is 0. The number of rotatable bonds is 3. The molecule has 0 unspecified atom stereocenters. The van der Waals surface area contributed by atoms with Crippen molar-refractivity contribution in [3.8, 4) is 0 Å². The Hall–Kier alpha value is -0.330. The molecule has 2 saturated carbocycles. The summed E-state index contributed by atoms with van der Waals surface area (Å²) in [6.07, 6.45) is 9.07. The summed E-state index contributed by atoms with van der Waals surface area (Å²) in [5.41, 5.74) is 0.507. The molecule has 1 nitrogen and oxygen atoms in total. The average Bonchev–Trinajstić information content (AvgIpc) is 2.68. The van der Waals surface area contributed by atoms with Crippen molar-refractivity contribution < 1.29 is 4.79 Å². The molecule has 0 radical (unpaired) electrons. The van der Waals surface area contributed by atoms with Crippen molar-refractivity contribution in [2.24, 2.45) is 17.3 Å². The number of hydrogen-bond donors (Lipinski definition) is 0. The number of carbonyl (C=O) groups excluding carboxylic acids is 1. The van der Waals surface area contributed by atoms with Crippen LogP contribution in [0.5, 0.6) is 0 Å². The van der Waals surface area contributed by atoms with Crippen LogP contribution in [0.4, 0.5) is 0 Å². The van der Waals surface area contributed by atoms with Gasteiger partial charge in [-0.1, -0.05) is 19.8 Å². The maximum Gasteiger partial charge on any atom is 0.129 e. The van der Waals surface area contributed by atoms with Crippen LogP contribution in [0, 0.1) is 17.3 Å². The summed E-state index contributed by atoms with van der Waals surface area (Å²) in [6, 6.07) is 0. The molecule has 2 fully saturated rings. The fraction of sp³-hybridized carbons (Fsp3) is 0.923. The third-order valence-corrected chi connectivity index (χ3v) is 4.69. The van der Waals surface area contributed by atoms with Gasteiger partial charge in [0.15, 0.2) is 0 Å². The van der Waals surface area contributed by atoms with Crippen LogP contribution < -0.4 is 0 Å². The Morgan fingerprint density at radius 2 is 2.14 bits per heavy atom. The molecule has 14 heavy (non-hydrogen) atoms. The molecule has 0 heterocycles. The second kappa shape index (κ2) is 3.67. The van der Waals surface area contributed by atoms with E-state index in [-0.39, 0.29) is 0 Å². The lowest BCUT2D eigenvalue weighted by Gasteiger charge is -2.31. The standard InChI is InChI=1S/C13H22O/c1-10(14)6-8-13(2)9-7-11-4-3-5-12(11)13/h11-12H,3-9H2,1-2H3/t11-,12-,13-/m1/s1. The minimum atomic E-state index is 0.368. The average molecular weight is 194 g/mol. The third kappa shape index (κ3) is 1.74. The smallest absolute Gasteiger partial charge is 0.129 e. The monoisotopic (exact) mass is 194 g/mol. The highest BCUT2D eigenvalue weighted by Crippen LogP contribution is 2.56. The molecule has 2 aliphatic carbocycles. The van der Waals surface area contributed by atoms with Crippen LogP contribution in [-0.4, -0.2) is 5.78 Å². The van der Waals surface area contributed by atoms with Crippen molar-refractivity contribution >= 4 is 5.78 Å². The fourth-order valence-electron chi connectivity index (χ4n) is 3.77. The highest BCUT2D eigenvalue weighted by Gasteiger charge is 2.46. The van der Waals surface area contributed by atoms with Gasteiger partial charge in [0.05, 0.1) is 0 Å². The topological polar surface area (TPSA) is 17.1 Å². The van der Waals surface area contributed by atoms with E-state index in [9.17, 15) is 4.79 Å². The van der Waals surface area contributed by atoms with Gasteiger partial charge in [0.1, 0.15) is 5.78 Å². The molecule has 0 aromatic carbocycles. The molecular weight excluding hydrogens is 172 g/mol. The van der Waals surface area contributed by atoms with Crippen molar-refractivity contribution in [1.82, 2.24) is 0 Å². The Labute approximate surface area is 87.3 Å². The van der Waals surface area contributed by atoms with E-state index in [1.54, 1.807) is 6.92 Å². The molecule has 1 heteroatoms. The van der Waals surface area contributed by atoms with Crippen LogP contribution in [0.1, 0.15) is 58.8 Å². The van der Waals surface area contributed by atoms with Crippen molar-refractivity contribution in [3.05, 3.63) is 0 Å². The van der Waals surface area contributed by atoms with E-state index in [0.717, 1.165) is 24.7 Å². The Balaban J connectivity index is 1.97. The zero-order chi connectivity index (χ0) is 10.2. The van der Waals surface area contributed by atoms with E-state index < -0.39 is 0 Å². The van der Waals surface area contributed by atoms with Crippen LogP contribution in [0.2, 0.25) is 0 Å². The Kier molecular flexibility index (Phi) is 2.68. The molecule has 0 saturated heterocycles. The SMILES string of the molecule is CC(=O)CC[C@]1(C)CC[C@H]2CCC[C@H]21. The van der Waals surface area contributed by atoms with Gasteiger partial charge >= 0.3 is 0 Å². The first-order valence-electron chi connectivity index (χ1n) is 6.11. The van der Waals surface area contributed by atoms with Crippen LogP contribution in [0.25, 0.3) is 0 Å². The molecule has 80 valence electrons. The minimum Gasteiger partial charge on any atom is -0.300 e. The van der Waals surface area contributed by atoms with Crippen LogP contribution in [-0.2, 0) is 4.79 Å². The van der Waals surface area contributed by atoms with Crippen LogP contribution >= 0.6 is 0 Å². The van der Waals surface area contributed by atoms with Gasteiger partial charge < -0.3 is 4.79 Å². The zero-order valence-electron chi connectivity index (χ0n) is 9.51. The number of hydrogen-bond acceptors (Lipinski definition) is 1. The predicted octanol–water partition coefficient (Wildman–Crippen LogP) is 3.57. The Morgan fingerprint density at radius 3 is 2.86 bits per heavy atom. The van der Waals surface area contributed by atoms with Crippen molar-refractivity contribution in [2.75, 3.05) is 0 Å². The Bertz CT molecular complexity index is 233. The molecule has 0 amide bonds. The highest BCUT2D eigenvalue weighted by molar-refractivity contribution is 5.75. The summed E-state index contributed by atoms with van der Waals surface area (Å²) < 4.78 is 0. The molecule has 3 atom stereocenters. The highest BCUT2D eigenvalue weighted by atomic mass is 16.1. The number of fused-ring (bicyclic) bond motifs is 1. The second-order valence-corrected chi connectivity index (χ2v) is 5.69. The summed E-state index contributed by atoms with van der Waals surface area (Å²) in [7, 11) is 0. The predicted molar refractivity (Wildman–Crippen MR) is 58.1 cm³/mol. The van der Waals surface area contributed by atoms with Gasteiger partial charge in [-0.2, -0.15) is 0 Å². The van der Waals surface area contributed by atoms with Crippen molar-refractivity contribution in [3.63, 3.8) is 0 Å². The van der Waals surface area contributed by atoms with E-state index in [4.69, 9.17) is 0 Å². The quantitative estimate of drug-likeness (QED) is 0.671. The molecular formula is C13H22O. The van der Waals surface area contributed by atoms with Gasteiger partial charge in [-0.3, -0.25) is 0 Å². The second-order valence-electron chi connectivity index (χ2n) is 5.69. The molecule has 0 aromatic heterocycles.